The Morgan fingerprint density at radius 2 is 2.33 bits per heavy atom. The van der Waals surface area contributed by atoms with Crippen LogP contribution >= 0.6 is 23.1 Å². The van der Waals surface area contributed by atoms with Gasteiger partial charge >= 0.3 is 0 Å². The summed E-state index contributed by atoms with van der Waals surface area (Å²) in [5.74, 6) is 2.10. The Kier molecular flexibility index (Phi) is 3.61. The first-order chi connectivity index (χ1) is 8.76. The molecular weight excluding hydrogens is 262 g/mol. The SMILES string of the molecule is CC1CCC2(CC1)CSC(=NCc1cncs1)N2. The third kappa shape index (κ3) is 2.72. The van der Waals surface area contributed by atoms with Gasteiger partial charge in [-0.25, -0.2) is 0 Å². The van der Waals surface area contributed by atoms with E-state index in [-0.39, 0.29) is 0 Å². The van der Waals surface area contributed by atoms with Crippen LogP contribution in [-0.2, 0) is 6.54 Å². The van der Waals surface area contributed by atoms with Crippen LogP contribution in [0.25, 0.3) is 0 Å². The first-order valence-electron chi connectivity index (χ1n) is 6.59. The van der Waals surface area contributed by atoms with Crippen molar-refractivity contribution >= 4 is 28.3 Å². The Labute approximate surface area is 116 Å². The number of hydrogen-bond donors (Lipinski definition) is 1. The summed E-state index contributed by atoms with van der Waals surface area (Å²) < 4.78 is 0. The second-order valence-electron chi connectivity index (χ2n) is 5.47. The van der Waals surface area contributed by atoms with Crippen molar-refractivity contribution in [1.29, 1.82) is 0 Å². The van der Waals surface area contributed by atoms with Crippen molar-refractivity contribution < 1.29 is 0 Å². The van der Waals surface area contributed by atoms with Gasteiger partial charge in [0.05, 0.1) is 12.1 Å². The fourth-order valence-electron chi connectivity index (χ4n) is 2.64. The molecule has 1 aromatic rings. The summed E-state index contributed by atoms with van der Waals surface area (Å²) in [7, 11) is 0. The van der Waals surface area contributed by atoms with Crippen molar-refractivity contribution in [3.63, 3.8) is 0 Å². The summed E-state index contributed by atoms with van der Waals surface area (Å²) in [5.41, 5.74) is 2.22. The average Bonchev–Trinajstić information content (AvgIpc) is 3.02. The predicted octanol–water partition coefficient (Wildman–Crippen LogP) is 3.28. The van der Waals surface area contributed by atoms with Crippen molar-refractivity contribution in [1.82, 2.24) is 10.3 Å². The Morgan fingerprint density at radius 3 is 3.06 bits per heavy atom. The van der Waals surface area contributed by atoms with Gasteiger partial charge in [0.25, 0.3) is 0 Å². The lowest BCUT2D eigenvalue weighted by Crippen LogP contribution is -2.46. The van der Waals surface area contributed by atoms with Crippen LogP contribution in [0.15, 0.2) is 16.7 Å². The van der Waals surface area contributed by atoms with Gasteiger partial charge in [0.15, 0.2) is 5.17 Å². The first-order valence-corrected chi connectivity index (χ1v) is 8.45. The number of hydrogen-bond acceptors (Lipinski definition) is 4. The number of aliphatic imine (C=N–C) groups is 1. The molecule has 2 fully saturated rings. The Balaban J connectivity index is 1.59. The smallest absolute Gasteiger partial charge is 0.157 e. The molecule has 0 radical (unpaired) electrons. The quantitative estimate of drug-likeness (QED) is 0.904. The third-order valence-corrected chi connectivity index (χ3v) is 5.92. The van der Waals surface area contributed by atoms with Crippen LogP contribution in [0.4, 0.5) is 0 Å². The highest BCUT2D eigenvalue weighted by Crippen LogP contribution is 2.38. The Bertz CT molecular complexity index is 419. The van der Waals surface area contributed by atoms with Gasteiger partial charge in [-0.3, -0.25) is 9.98 Å². The molecule has 0 unspecified atom stereocenters. The molecule has 3 nitrogen and oxygen atoms in total. The molecule has 5 heteroatoms. The predicted molar refractivity (Wildman–Crippen MR) is 79.2 cm³/mol. The van der Waals surface area contributed by atoms with E-state index in [1.54, 1.807) is 11.3 Å². The Morgan fingerprint density at radius 1 is 1.50 bits per heavy atom. The summed E-state index contributed by atoms with van der Waals surface area (Å²) in [6.07, 6.45) is 7.24. The zero-order valence-corrected chi connectivity index (χ0v) is 12.3. The summed E-state index contributed by atoms with van der Waals surface area (Å²) in [6, 6.07) is 0. The molecule has 2 heterocycles. The standard InChI is InChI=1S/C13H19N3S2/c1-10-2-4-13(5-3-10)8-17-12(16-13)15-7-11-6-14-9-18-11/h6,9-10H,2-5,7-8H2,1H3,(H,15,16). The number of amidine groups is 1. The summed E-state index contributed by atoms with van der Waals surface area (Å²) in [6.45, 7) is 3.14. The van der Waals surface area contributed by atoms with Crippen molar-refractivity contribution in [2.24, 2.45) is 10.9 Å². The van der Waals surface area contributed by atoms with Gasteiger partial charge in [0.1, 0.15) is 0 Å². The largest absolute Gasteiger partial charge is 0.359 e. The number of rotatable bonds is 2. The lowest BCUT2D eigenvalue weighted by molar-refractivity contribution is 0.251. The molecule has 0 amide bonds. The third-order valence-electron chi connectivity index (χ3n) is 3.95. The first kappa shape index (κ1) is 12.5. The molecule has 18 heavy (non-hydrogen) atoms. The number of thioether (sulfide) groups is 1. The second-order valence-corrected chi connectivity index (χ2v) is 7.40. The highest BCUT2D eigenvalue weighted by molar-refractivity contribution is 8.14. The van der Waals surface area contributed by atoms with Crippen LogP contribution in [0.1, 0.15) is 37.5 Å². The highest BCUT2D eigenvalue weighted by Gasteiger charge is 2.39. The zero-order valence-electron chi connectivity index (χ0n) is 10.7. The molecule has 0 bridgehead atoms. The van der Waals surface area contributed by atoms with Gasteiger partial charge in [-0.1, -0.05) is 18.7 Å². The lowest BCUT2D eigenvalue weighted by Gasteiger charge is -2.35. The van der Waals surface area contributed by atoms with Gasteiger partial charge < -0.3 is 5.32 Å². The molecule has 2 aliphatic rings. The van der Waals surface area contributed by atoms with Crippen LogP contribution in [0.5, 0.6) is 0 Å². The van der Waals surface area contributed by atoms with E-state index in [9.17, 15) is 0 Å². The lowest BCUT2D eigenvalue weighted by atomic mass is 9.78. The summed E-state index contributed by atoms with van der Waals surface area (Å²) in [4.78, 5) is 9.99. The topological polar surface area (TPSA) is 37.3 Å². The fourth-order valence-corrected chi connectivity index (χ4v) is 4.38. The monoisotopic (exact) mass is 281 g/mol. The number of nitrogens with zero attached hydrogens (tertiary/aromatic N) is 2. The highest BCUT2D eigenvalue weighted by atomic mass is 32.2. The molecule has 0 atom stereocenters. The molecule has 1 spiro atoms. The Hall–Kier alpha value is -0.550. The van der Waals surface area contributed by atoms with Gasteiger partial charge in [-0.2, -0.15) is 0 Å². The number of aromatic nitrogens is 1. The maximum absolute atomic E-state index is 4.67. The maximum atomic E-state index is 4.67. The molecule has 1 N–H and O–H groups in total. The van der Waals surface area contributed by atoms with Gasteiger partial charge in [0, 0.05) is 22.4 Å². The van der Waals surface area contributed by atoms with Crippen LogP contribution in [0.2, 0.25) is 0 Å². The summed E-state index contributed by atoms with van der Waals surface area (Å²) >= 11 is 3.57. The van der Waals surface area contributed by atoms with Crippen LogP contribution in [-0.4, -0.2) is 21.4 Å². The van der Waals surface area contributed by atoms with E-state index >= 15 is 0 Å². The van der Waals surface area contributed by atoms with Gasteiger partial charge in [0.2, 0.25) is 0 Å². The van der Waals surface area contributed by atoms with Gasteiger partial charge in [-0.05, 0) is 31.6 Å². The zero-order chi connectivity index (χ0) is 12.4. The molecule has 0 aromatic carbocycles. The molecule has 1 aliphatic carbocycles. The van der Waals surface area contributed by atoms with Crippen molar-refractivity contribution in [3.8, 4) is 0 Å². The minimum atomic E-state index is 0.351. The van der Waals surface area contributed by atoms with E-state index in [1.165, 1.54) is 36.3 Å². The number of thiazole rings is 1. The van der Waals surface area contributed by atoms with E-state index < -0.39 is 0 Å². The van der Waals surface area contributed by atoms with E-state index in [1.807, 2.05) is 23.5 Å². The van der Waals surface area contributed by atoms with Crippen LogP contribution < -0.4 is 5.32 Å². The van der Waals surface area contributed by atoms with E-state index in [0.29, 0.717) is 5.54 Å². The molecular formula is C13H19N3S2. The van der Waals surface area contributed by atoms with Crippen molar-refractivity contribution in [2.75, 3.05) is 5.75 Å². The molecule has 1 saturated carbocycles. The van der Waals surface area contributed by atoms with E-state index in [2.05, 4.69) is 22.2 Å². The van der Waals surface area contributed by atoms with Gasteiger partial charge in [-0.15, -0.1) is 11.3 Å². The summed E-state index contributed by atoms with van der Waals surface area (Å²) in [5, 5.41) is 4.82. The number of nitrogens with one attached hydrogen (secondary N) is 1. The maximum Gasteiger partial charge on any atom is 0.157 e. The average molecular weight is 281 g/mol. The van der Waals surface area contributed by atoms with E-state index in [0.717, 1.165) is 17.6 Å². The van der Waals surface area contributed by atoms with Crippen LogP contribution in [0.3, 0.4) is 0 Å². The molecule has 3 rings (SSSR count). The molecule has 1 aliphatic heterocycles. The van der Waals surface area contributed by atoms with Crippen LogP contribution in [0, 0.1) is 5.92 Å². The van der Waals surface area contributed by atoms with Crippen molar-refractivity contribution in [3.05, 3.63) is 16.6 Å². The normalized spacial score (nSPS) is 34.1. The second kappa shape index (κ2) is 5.21. The molecule has 1 aromatic heterocycles. The minimum Gasteiger partial charge on any atom is -0.359 e. The molecule has 1 saturated heterocycles. The van der Waals surface area contributed by atoms with Crippen molar-refractivity contribution in [2.45, 2.75) is 44.7 Å². The van der Waals surface area contributed by atoms with E-state index in [4.69, 9.17) is 0 Å². The fraction of sp³-hybridized carbons (Fsp3) is 0.692. The molecule has 98 valence electrons. The minimum absolute atomic E-state index is 0.351.